The average Bonchev–Trinajstić information content (AvgIpc) is 4.09. The van der Waals surface area contributed by atoms with E-state index in [1.807, 2.05) is 17.6 Å². The summed E-state index contributed by atoms with van der Waals surface area (Å²) < 4.78 is 11.9. The highest BCUT2D eigenvalue weighted by molar-refractivity contribution is 7.27. The van der Waals surface area contributed by atoms with Crippen LogP contribution in [0.3, 0.4) is 0 Å². The maximum absolute atomic E-state index is 6.55. The Labute approximate surface area is 415 Å². The number of nitrogens with zero attached hydrogens (tertiary/aromatic N) is 1. The van der Waals surface area contributed by atoms with Crippen LogP contribution in [0.4, 0.5) is 11.4 Å². The second-order valence-corrected chi connectivity index (χ2v) is 24.7. The standard InChI is InChI=1S/C65H57BN2OS/c1-62(2,3)37-23-25-38(26-24-37)67-51-32-47-41(39-19-13-15-21-46(39)65(47,8)9)29-43(51)56-57-40-20-14-16-22-55(40)70-61(57)58-44-30-48-49(64(6,7)28-27-63(48,4)5)33-52(44)68-53-31-42-45(36-17-11-10-12-18-36)35-69-54(42)34-50(53)66-59(56)60(58)68/h10-26,29-35,66-67H,27-28H2,1-9H3. The molecule has 8 aromatic carbocycles. The molecule has 0 atom stereocenters. The van der Waals surface area contributed by atoms with Crippen LogP contribution >= 0.6 is 11.3 Å². The molecule has 0 radical (unpaired) electrons. The first-order valence-electron chi connectivity index (χ1n) is 25.3. The Bertz CT molecular complexity index is 4060. The van der Waals surface area contributed by atoms with Gasteiger partial charge in [0.15, 0.2) is 7.28 Å². The number of thiophene rings is 1. The summed E-state index contributed by atoms with van der Waals surface area (Å²) in [6.07, 6.45) is 4.29. The van der Waals surface area contributed by atoms with Gasteiger partial charge in [-0.2, -0.15) is 0 Å². The lowest BCUT2D eigenvalue weighted by atomic mass is 9.58. The van der Waals surface area contributed by atoms with E-state index in [4.69, 9.17) is 4.42 Å². The van der Waals surface area contributed by atoms with Crippen LogP contribution in [0.2, 0.25) is 0 Å². The minimum Gasteiger partial charge on any atom is -0.464 e. The van der Waals surface area contributed by atoms with Crippen LogP contribution in [-0.2, 0) is 21.7 Å². The second-order valence-electron chi connectivity index (χ2n) is 23.6. The molecule has 1 aliphatic heterocycles. The maximum atomic E-state index is 6.55. The molecule has 3 nitrogen and oxygen atoms in total. The van der Waals surface area contributed by atoms with Gasteiger partial charge in [0.25, 0.3) is 0 Å². The van der Waals surface area contributed by atoms with Crippen molar-refractivity contribution in [2.45, 2.75) is 96.8 Å². The van der Waals surface area contributed by atoms with Crippen molar-refractivity contribution in [3.63, 3.8) is 0 Å². The van der Waals surface area contributed by atoms with E-state index >= 15 is 0 Å². The summed E-state index contributed by atoms with van der Waals surface area (Å²) in [5, 5.41) is 10.7. The van der Waals surface area contributed by atoms with Gasteiger partial charge in [0.2, 0.25) is 0 Å². The molecule has 5 heteroatoms. The molecule has 0 saturated carbocycles. The van der Waals surface area contributed by atoms with Gasteiger partial charge in [0, 0.05) is 69.9 Å². The van der Waals surface area contributed by atoms with Crippen LogP contribution in [0.1, 0.15) is 103 Å². The molecule has 2 aliphatic carbocycles. The Morgan fingerprint density at radius 1 is 0.614 bits per heavy atom. The molecule has 3 aromatic heterocycles. The van der Waals surface area contributed by atoms with E-state index in [0.29, 0.717) is 0 Å². The van der Waals surface area contributed by atoms with Gasteiger partial charge in [-0.1, -0.05) is 153 Å². The predicted molar refractivity (Wildman–Crippen MR) is 302 cm³/mol. The van der Waals surface area contributed by atoms with Gasteiger partial charge >= 0.3 is 0 Å². The summed E-state index contributed by atoms with van der Waals surface area (Å²) in [4.78, 5) is 0. The summed E-state index contributed by atoms with van der Waals surface area (Å²) in [6, 6.07) is 53.3. The van der Waals surface area contributed by atoms with E-state index in [9.17, 15) is 0 Å². The Morgan fingerprint density at radius 3 is 2.10 bits per heavy atom. The lowest BCUT2D eigenvalue weighted by molar-refractivity contribution is 0.332. The number of anilines is 2. The number of rotatable bonds is 4. The predicted octanol–water partition coefficient (Wildman–Crippen LogP) is 16.6. The number of nitrogens with one attached hydrogen (secondary N) is 1. The fourth-order valence-corrected chi connectivity index (χ4v) is 14.3. The number of fused-ring (bicyclic) bond motifs is 14. The quantitative estimate of drug-likeness (QED) is 0.178. The zero-order valence-electron chi connectivity index (χ0n) is 41.7. The number of benzene rings is 8. The van der Waals surface area contributed by atoms with Crippen molar-refractivity contribution >= 4 is 93.9 Å². The first kappa shape index (κ1) is 42.1. The Balaban J connectivity index is 1.16. The van der Waals surface area contributed by atoms with Crippen LogP contribution in [0.5, 0.6) is 0 Å². The zero-order valence-corrected chi connectivity index (χ0v) is 42.6. The van der Waals surface area contributed by atoms with Gasteiger partial charge in [-0.05, 0) is 139 Å². The third kappa shape index (κ3) is 5.82. The SMILES string of the molecule is CC(C)(C)c1ccc(Nc2cc3c(cc2-c2c4c5c(c6cc7c(cc6n5-c5cc6c(-c8ccccc8)coc6cc5B4)C(C)(C)CCC7(C)C)c4sc5ccccc5c24)-c2ccccc2C3(C)C)cc1. The molecule has 0 spiro atoms. The fraction of sp³-hybridized carbons (Fsp3) is 0.231. The summed E-state index contributed by atoms with van der Waals surface area (Å²) in [6.45, 7) is 21.5. The van der Waals surface area contributed by atoms with Gasteiger partial charge in [-0.15, -0.1) is 11.3 Å². The maximum Gasteiger partial charge on any atom is 0.198 e. The second kappa shape index (κ2) is 14.2. The normalized spacial score (nSPS) is 16.1. The van der Waals surface area contributed by atoms with Gasteiger partial charge in [-0.25, -0.2) is 0 Å². The van der Waals surface area contributed by atoms with Crippen molar-refractivity contribution < 1.29 is 4.42 Å². The Morgan fingerprint density at radius 2 is 1.33 bits per heavy atom. The van der Waals surface area contributed by atoms with E-state index in [0.717, 1.165) is 41.6 Å². The zero-order chi connectivity index (χ0) is 47.8. The summed E-state index contributed by atoms with van der Waals surface area (Å²) in [5.41, 5.74) is 24.2. The molecule has 3 aliphatic rings. The third-order valence-electron chi connectivity index (χ3n) is 17.1. The number of aromatic nitrogens is 1. The minimum absolute atomic E-state index is 0.0450. The monoisotopic (exact) mass is 924 g/mol. The molecule has 342 valence electrons. The van der Waals surface area contributed by atoms with Crippen molar-refractivity contribution in [2.24, 2.45) is 0 Å². The van der Waals surface area contributed by atoms with E-state index in [-0.39, 0.29) is 21.7 Å². The highest BCUT2D eigenvalue weighted by Gasteiger charge is 2.41. The first-order chi connectivity index (χ1) is 33.6. The molecule has 0 fully saturated rings. The Kier molecular flexibility index (Phi) is 8.52. The highest BCUT2D eigenvalue weighted by Crippen LogP contribution is 2.56. The van der Waals surface area contributed by atoms with Crippen molar-refractivity contribution in [3.8, 4) is 39.1 Å². The highest BCUT2D eigenvalue weighted by atomic mass is 32.1. The average molecular weight is 925 g/mol. The van der Waals surface area contributed by atoms with Gasteiger partial charge in [0.05, 0.1) is 17.3 Å². The number of furan rings is 1. The summed E-state index contributed by atoms with van der Waals surface area (Å²) in [5.74, 6) is 0. The van der Waals surface area contributed by atoms with Crippen LogP contribution in [0, 0.1) is 0 Å². The molecule has 0 amide bonds. The molecule has 0 bridgehead atoms. The van der Waals surface area contributed by atoms with E-state index in [1.54, 1.807) is 0 Å². The summed E-state index contributed by atoms with van der Waals surface area (Å²) >= 11 is 1.97. The van der Waals surface area contributed by atoms with Crippen LogP contribution in [0.15, 0.2) is 150 Å². The van der Waals surface area contributed by atoms with E-state index in [1.165, 1.54) is 121 Å². The van der Waals surface area contributed by atoms with Crippen molar-refractivity contribution in [2.75, 3.05) is 5.32 Å². The molecule has 4 heterocycles. The first-order valence-corrected chi connectivity index (χ1v) is 26.1. The minimum atomic E-state index is -0.168. The molecule has 0 saturated heterocycles. The fourth-order valence-electron chi connectivity index (χ4n) is 13.1. The van der Waals surface area contributed by atoms with Gasteiger partial charge in [-0.3, -0.25) is 0 Å². The van der Waals surface area contributed by atoms with E-state index in [2.05, 4.69) is 212 Å². The smallest absolute Gasteiger partial charge is 0.198 e. The lowest BCUT2D eigenvalue weighted by Crippen LogP contribution is -2.37. The van der Waals surface area contributed by atoms with Gasteiger partial charge < -0.3 is 14.3 Å². The van der Waals surface area contributed by atoms with Crippen LogP contribution in [0.25, 0.3) is 92.0 Å². The molecule has 70 heavy (non-hydrogen) atoms. The number of hydrogen-bond donors (Lipinski definition) is 1. The molecular weight excluding hydrogens is 868 g/mol. The molecule has 14 rings (SSSR count). The van der Waals surface area contributed by atoms with Gasteiger partial charge in [0.1, 0.15) is 5.58 Å². The van der Waals surface area contributed by atoms with Crippen LogP contribution < -0.4 is 16.2 Å². The third-order valence-corrected chi connectivity index (χ3v) is 18.3. The van der Waals surface area contributed by atoms with Crippen LogP contribution in [-0.4, -0.2) is 11.8 Å². The topological polar surface area (TPSA) is 30.1 Å². The van der Waals surface area contributed by atoms with Crippen molar-refractivity contribution in [3.05, 3.63) is 174 Å². The molecule has 0 unspecified atom stereocenters. The molecule has 1 N–H and O–H groups in total. The molecule has 11 aromatic rings. The Hall–Kier alpha value is -6.82. The largest absolute Gasteiger partial charge is 0.464 e. The number of hydrogen-bond acceptors (Lipinski definition) is 3. The molecular formula is C65H57BN2OS. The van der Waals surface area contributed by atoms with E-state index < -0.39 is 0 Å². The van der Waals surface area contributed by atoms with Crippen molar-refractivity contribution in [1.82, 2.24) is 4.57 Å². The summed E-state index contributed by atoms with van der Waals surface area (Å²) in [7, 11) is 0.768. The van der Waals surface area contributed by atoms with Crippen molar-refractivity contribution in [1.29, 1.82) is 0 Å². The lowest BCUT2D eigenvalue weighted by Gasteiger charge is -2.42.